The highest BCUT2D eigenvalue weighted by Crippen LogP contribution is 2.33. The van der Waals surface area contributed by atoms with Crippen molar-refractivity contribution in [2.45, 2.75) is 64.9 Å². The van der Waals surface area contributed by atoms with Crippen LogP contribution in [0.1, 0.15) is 32.8 Å². The Hall–Kier alpha value is -3.59. The standard InChI is InChI=1S/C19H26N3O12/c1-9-20(6-7-23)13(22(28)29)8-21(9)18-16(33-12(4)26)14(31-10(2)24)15(32-11(3)25)17(34-18)19(27)30-5/h8,14-18,23H,6-7H2,1-5H3/q+1/t14?,15-,16?,17-,18+/m1/s1. The van der Waals surface area contributed by atoms with Crippen molar-refractivity contribution in [2.75, 3.05) is 13.7 Å². The van der Waals surface area contributed by atoms with E-state index in [9.17, 15) is 34.4 Å². The van der Waals surface area contributed by atoms with Gasteiger partial charge in [0.05, 0.1) is 13.7 Å². The van der Waals surface area contributed by atoms with Gasteiger partial charge in [-0.3, -0.25) is 14.4 Å². The summed E-state index contributed by atoms with van der Waals surface area (Å²) in [6.07, 6.45) is -6.66. The fraction of sp³-hybridized carbons (Fsp3) is 0.632. The number of nitro groups is 1. The van der Waals surface area contributed by atoms with E-state index in [2.05, 4.69) is 0 Å². The molecule has 1 aliphatic rings. The molecule has 0 radical (unpaired) electrons. The minimum atomic E-state index is -1.65. The van der Waals surface area contributed by atoms with Crippen molar-refractivity contribution in [1.82, 2.24) is 4.57 Å². The zero-order valence-corrected chi connectivity index (χ0v) is 19.2. The number of ether oxygens (including phenoxy) is 5. The Morgan fingerprint density at radius 2 is 1.62 bits per heavy atom. The number of aliphatic hydroxyl groups is 1. The topological polar surface area (TPSA) is 187 Å². The highest BCUT2D eigenvalue weighted by molar-refractivity contribution is 5.77. The van der Waals surface area contributed by atoms with Crippen molar-refractivity contribution in [3.05, 3.63) is 22.1 Å². The molecule has 0 spiro atoms. The predicted octanol–water partition coefficient (Wildman–Crippen LogP) is -1.15. The van der Waals surface area contributed by atoms with Crippen LogP contribution < -0.4 is 4.57 Å². The second kappa shape index (κ2) is 11.0. The van der Waals surface area contributed by atoms with Crippen LogP contribution in [0.5, 0.6) is 0 Å². The zero-order valence-electron chi connectivity index (χ0n) is 19.2. The molecule has 2 heterocycles. The molecule has 1 aliphatic heterocycles. The first-order valence-corrected chi connectivity index (χ1v) is 10.0. The molecule has 1 aromatic heterocycles. The Bertz CT molecular complexity index is 974. The molecule has 34 heavy (non-hydrogen) atoms. The summed E-state index contributed by atoms with van der Waals surface area (Å²) in [4.78, 5) is 58.9. The first-order valence-electron chi connectivity index (χ1n) is 10.0. The lowest BCUT2D eigenvalue weighted by atomic mass is 9.96. The lowest BCUT2D eigenvalue weighted by Gasteiger charge is -2.42. The molecule has 188 valence electrons. The Balaban J connectivity index is 2.74. The third-order valence-corrected chi connectivity index (χ3v) is 4.93. The van der Waals surface area contributed by atoms with E-state index in [-0.39, 0.29) is 12.4 Å². The maximum Gasteiger partial charge on any atom is 0.365 e. The number of carbonyl (C=O) groups excluding carboxylic acids is 4. The molecule has 1 fully saturated rings. The van der Waals surface area contributed by atoms with Gasteiger partial charge in [0.2, 0.25) is 12.3 Å². The maximum absolute atomic E-state index is 12.5. The van der Waals surface area contributed by atoms with Gasteiger partial charge in [-0.05, 0) is 4.92 Å². The number of aliphatic hydroxyl groups excluding tert-OH is 1. The van der Waals surface area contributed by atoms with E-state index in [1.165, 1.54) is 16.1 Å². The van der Waals surface area contributed by atoms with Crippen LogP contribution in [0.25, 0.3) is 0 Å². The molecule has 2 unspecified atom stereocenters. The van der Waals surface area contributed by atoms with Gasteiger partial charge in [0.25, 0.3) is 5.82 Å². The lowest BCUT2D eigenvalue weighted by molar-refractivity contribution is -0.781. The molecule has 0 aliphatic carbocycles. The summed E-state index contributed by atoms with van der Waals surface area (Å²) in [5.74, 6) is -3.80. The van der Waals surface area contributed by atoms with E-state index in [0.717, 1.165) is 34.1 Å². The number of carbonyl (C=O) groups is 4. The van der Waals surface area contributed by atoms with E-state index < -0.39 is 71.9 Å². The van der Waals surface area contributed by atoms with Gasteiger partial charge in [-0.1, -0.05) is 0 Å². The summed E-state index contributed by atoms with van der Waals surface area (Å²) in [5.41, 5.74) is 0. The molecule has 1 saturated heterocycles. The smallest absolute Gasteiger partial charge is 0.365 e. The Kier molecular flexibility index (Phi) is 8.64. The predicted molar refractivity (Wildman–Crippen MR) is 106 cm³/mol. The van der Waals surface area contributed by atoms with Crippen LogP contribution in [-0.4, -0.2) is 76.6 Å². The van der Waals surface area contributed by atoms with Crippen LogP contribution in [0, 0.1) is 17.0 Å². The van der Waals surface area contributed by atoms with Crippen molar-refractivity contribution in [3.63, 3.8) is 0 Å². The maximum atomic E-state index is 12.5. The lowest BCUT2D eigenvalue weighted by Crippen LogP contribution is -2.66. The molecule has 2 rings (SSSR count). The van der Waals surface area contributed by atoms with Crippen molar-refractivity contribution in [3.8, 4) is 0 Å². The fourth-order valence-electron chi connectivity index (χ4n) is 3.69. The Morgan fingerprint density at radius 3 is 2.09 bits per heavy atom. The Morgan fingerprint density at radius 1 is 1.09 bits per heavy atom. The number of rotatable bonds is 8. The van der Waals surface area contributed by atoms with Crippen LogP contribution >= 0.6 is 0 Å². The fourth-order valence-corrected chi connectivity index (χ4v) is 3.69. The van der Waals surface area contributed by atoms with Gasteiger partial charge in [0.15, 0.2) is 24.5 Å². The number of hydrogen-bond acceptors (Lipinski definition) is 12. The number of methoxy groups -OCH3 is 1. The largest absolute Gasteiger partial charge is 0.467 e. The molecule has 0 aromatic carbocycles. The normalized spacial score (nSPS) is 24.1. The first kappa shape index (κ1) is 26.7. The molecular formula is C19H26N3O12+. The summed E-state index contributed by atoms with van der Waals surface area (Å²) >= 11 is 0. The molecule has 0 bridgehead atoms. The van der Waals surface area contributed by atoms with Gasteiger partial charge >= 0.3 is 29.7 Å². The summed E-state index contributed by atoms with van der Waals surface area (Å²) < 4.78 is 28.7. The minimum absolute atomic E-state index is 0.149. The molecule has 15 heteroatoms. The number of esters is 4. The van der Waals surface area contributed by atoms with Crippen LogP contribution in [0.2, 0.25) is 0 Å². The van der Waals surface area contributed by atoms with Crippen LogP contribution in [-0.2, 0) is 49.4 Å². The molecule has 5 atom stereocenters. The first-order chi connectivity index (χ1) is 15.9. The van der Waals surface area contributed by atoms with Gasteiger partial charge < -0.3 is 38.9 Å². The quantitative estimate of drug-likeness (QED) is 0.152. The van der Waals surface area contributed by atoms with E-state index in [4.69, 9.17) is 23.7 Å². The second-order valence-electron chi connectivity index (χ2n) is 7.27. The van der Waals surface area contributed by atoms with Crippen molar-refractivity contribution in [1.29, 1.82) is 0 Å². The van der Waals surface area contributed by atoms with Gasteiger partial charge in [0, 0.05) is 27.7 Å². The summed E-state index contributed by atoms with van der Waals surface area (Å²) in [6.45, 7) is 4.04. The Labute approximate surface area is 193 Å². The van der Waals surface area contributed by atoms with Crippen molar-refractivity contribution in [2.24, 2.45) is 0 Å². The van der Waals surface area contributed by atoms with Gasteiger partial charge in [0.1, 0.15) is 6.54 Å². The van der Waals surface area contributed by atoms with E-state index in [1.54, 1.807) is 0 Å². The summed E-state index contributed by atoms with van der Waals surface area (Å²) in [7, 11) is 1.05. The number of aromatic nitrogens is 2. The van der Waals surface area contributed by atoms with E-state index in [0.29, 0.717) is 0 Å². The third-order valence-electron chi connectivity index (χ3n) is 4.93. The average Bonchev–Trinajstić information content (AvgIpc) is 3.06. The summed E-state index contributed by atoms with van der Waals surface area (Å²) in [5, 5.41) is 20.9. The molecular weight excluding hydrogens is 462 g/mol. The number of imidazole rings is 1. The molecule has 1 aromatic rings. The number of nitrogens with zero attached hydrogens (tertiary/aromatic N) is 3. The molecule has 0 saturated carbocycles. The third kappa shape index (κ3) is 5.66. The van der Waals surface area contributed by atoms with Crippen molar-refractivity contribution >= 4 is 29.7 Å². The molecule has 1 N–H and O–H groups in total. The van der Waals surface area contributed by atoms with Crippen molar-refractivity contribution < 1.29 is 57.5 Å². The second-order valence-corrected chi connectivity index (χ2v) is 7.27. The van der Waals surface area contributed by atoms with Gasteiger partial charge in [-0.15, -0.1) is 0 Å². The highest BCUT2D eigenvalue weighted by atomic mass is 16.7. The SMILES string of the molecule is COC(=O)[C@@H]1O[C@H]([n+]2cc([N+](=O)[O-])n(CCO)c2C)C(OC(C)=O)C(OC(C)=O)[C@H]1OC(C)=O. The van der Waals surface area contributed by atoms with Gasteiger partial charge in [-0.2, -0.15) is 9.13 Å². The minimum Gasteiger partial charge on any atom is -0.467 e. The average molecular weight is 488 g/mol. The van der Waals surface area contributed by atoms with Crippen LogP contribution in [0.4, 0.5) is 5.82 Å². The van der Waals surface area contributed by atoms with Crippen LogP contribution in [0.15, 0.2) is 6.20 Å². The highest BCUT2D eigenvalue weighted by Gasteiger charge is 2.57. The summed E-state index contributed by atoms with van der Waals surface area (Å²) in [6, 6.07) is 0. The monoisotopic (exact) mass is 488 g/mol. The van der Waals surface area contributed by atoms with Gasteiger partial charge in [-0.25, -0.2) is 4.79 Å². The van der Waals surface area contributed by atoms with E-state index in [1.807, 2.05) is 0 Å². The van der Waals surface area contributed by atoms with Crippen LogP contribution in [0.3, 0.4) is 0 Å². The molecule has 0 amide bonds. The molecule has 15 nitrogen and oxygen atoms in total. The number of hydrogen-bond donors (Lipinski definition) is 1. The zero-order chi connectivity index (χ0) is 25.7. The van der Waals surface area contributed by atoms with E-state index >= 15 is 0 Å².